The van der Waals surface area contributed by atoms with Crippen LogP contribution in [-0.4, -0.2) is 25.7 Å². The van der Waals surface area contributed by atoms with Crippen molar-refractivity contribution >= 4 is 5.97 Å². The lowest BCUT2D eigenvalue weighted by Crippen LogP contribution is -2.37. The molecule has 1 heterocycles. The third-order valence-electron chi connectivity index (χ3n) is 3.61. The summed E-state index contributed by atoms with van der Waals surface area (Å²) in [5, 5.41) is 3.30. The van der Waals surface area contributed by atoms with Crippen LogP contribution in [0.4, 0.5) is 0 Å². The monoisotopic (exact) mass is 233 g/mol. The van der Waals surface area contributed by atoms with Crippen LogP contribution in [-0.2, 0) is 14.9 Å². The van der Waals surface area contributed by atoms with E-state index in [0.717, 1.165) is 6.54 Å². The molecule has 1 aromatic rings. The summed E-state index contributed by atoms with van der Waals surface area (Å²) in [6.07, 6.45) is 0. The van der Waals surface area contributed by atoms with Gasteiger partial charge in [-0.25, -0.2) is 0 Å². The quantitative estimate of drug-likeness (QED) is 0.808. The molecule has 1 aromatic carbocycles. The van der Waals surface area contributed by atoms with Gasteiger partial charge in [-0.3, -0.25) is 4.79 Å². The normalized spacial score (nSPS) is 28.0. The highest BCUT2D eigenvalue weighted by molar-refractivity contribution is 5.75. The van der Waals surface area contributed by atoms with Gasteiger partial charge in [-0.15, -0.1) is 0 Å². The second-order valence-electron chi connectivity index (χ2n) is 4.72. The van der Waals surface area contributed by atoms with E-state index in [9.17, 15) is 4.79 Å². The molecule has 1 aliphatic rings. The number of carbonyl (C=O) groups excluding carboxylic acids is 1. The number of hydrogen-bond donors (Lipinski definition) is 1. The van der Waals surface area contributed by atoms with Crippen molar-refractivity contribution in [2.24, 2.45) is 5.92 Å². The molecule has 0 aromatic heterocycles. The van der Waals surface area contributed by atoms with E-state index in [1.54, 1.807) is 0 Å². The van der Waals surface area contributed by atoms with Crippen LogP contribution in [0.5, 0.6) is 0 Å². The largest absolute Gasteiger partial charge is 0.466 e. The van der Waals surface area contributed by atoms with Crippen LogP contribution in [0.25, 0.3) is 0 Å². The van der Waals surface area contributed by atoms with E-state index < -0.39 is 0 Å². The van der Waals surface area contributed by atoms with Crippen molar-refractivity contribution in [1.82, 2.24) is 5.32 Å². The summed E-state index contributed by atoms with van der Waals surface area (Å²) in [4.78, 5) is 12.0. The second kappa shape index (κ2) is 4.88. The fourth-order valence-corrected chi connectivity index (χ4v) is 2.53. The molecule has 0 amide bonds. The fraction of sp³-hybridized carbons (Fsp3) is 0.500. The van der Waals surface area contributed by atoms with Crippen LogP contribution < -0.4 is 5.32 Å². The predicted molar refractivity (Wildman–Crippen MR) is 66.8 cm³/mol. The summed E-state index contributed by atoms with van der Waals surface area (Å²) in [7, 11) is 0. The van der Waals surface area contributed by atoms with Gasteiger partial charge in [-0.2, -0.15) is 0 Å². The van der Waals surface area contributed by atoms with Crippen molar-refractivity contribution in [3.05, 3.63) is 35.9 Å². The van der Waals surface area contributed by atoms with Gasteiger partial charge in [0.1, 0.15) is 0 Å². The van der Waals surface area contributed by atoms with Crippen molar-refractivity contribution in [2.45, 2.75) is 19.3 Å². The molecule has 92 valence electrons. The summed E-state index contributed by atoms with van der Waals surface area (Å²) in [6.45, 7) is 5.94. The van der Waals surface area contributed by atoms with Gasteiger partial charge in [-0.05, 0) is 12.5 Å². The first-order valence-electron chi connectivity index (χ1n) is 6.11. The molecule has 1 N–H and O–H groups in total. The summed E-state index contributed by atoms with van der Waals surface area (Å²) in [5.41, 5.74) is 1.04. The zero-order valence-corrected chi connectivity index (χ0v) is 10.4. The Morgan fingerprint density at radius 3 is 2.82 bits per heavy atom. The average molecular weight is 233 g/mol. The van der Waals surface area contributed by atoms with E-state index in [0.29, 0.717) is 13.2 Å². The van der Waals surface area contributed by atoms with Gasteiger partial charge < -0.3 is 10.1 Å². The fourth-order valence-electron chi connectivity index (χ4n) is 2.53. The zero-order valence-electron chi connectivity index (χ0n) is 10.4. The van der Waals surface area contributed by atoms with E-state index in [1.165, 1.54) is 5.56 Å². The smallest absolute Gasteiger partial charge is 0.311 e. The Bertz CT molecular complexity index is 390. The van der Waals surface area contributed by atoms with Crippen LogP contribution in [0.15, 0.2) is 30.3 Å². The van der Waals surface area contributed by atoms with Gasteiger partial charge in [0.2, 0.25) is 0 Å². The van der Waals surface area contributed by atoms with E-state index in [2.05, 4.69) is 24.4 Å². The number of hydrogen-bond acceptors (Lipinski definition) is 3. The third kappa shape index (κ3) is 2.20. The Kier molecular flexibility index (Phi) is 3.48. The lowest BCUT2D eigenvalue weighted by Gasteiger charge is -2.29. The maximum Gasteiger partial charge on any atom is 0.311 e. The maximum absolute atomic E-state index is 12.0. The SMILES string of the molecule is CCOC(=O)[C@@H]1CNC[C@@]1(C)c1ccccc1. The second-order valence-corrected chi connectivity index (χ2v) is 4.72. The van der Waals surface area contributed by atoms with Gasteiger partial charge in [0.15, 0.2) is 0 Å². The lowest BCUT2D eigenvalue weighted by atomic mass is 9.74. The molecule has 0 aliphatic carbocycles. The number of esters is 1. The molecule has 0 spiro atoms. The molecule has 3 heteroatoms. The molecule has 1 fully saturated rings. The maximum atomic E-state index is 12.0. The molecule has 0 saturated carbocycles. The molecule has 2 rings (SSSR count). The number of ether oxygens (including phenoxy) is 1. The minimum atomic E-state index is -0.159. The number of benzene rings is 1. The first kappa shape index (κ1) is 12.1. The van der Waals surface area contributed by atoms with Crippen molar-refractivity contribution in [1.29, 1.82) is 0 Å². The molecule has 0 bridgehead atoms. The van der Waals surface area contributed by atoms with Gasteiger partial charge in [0, 0.05) is 18.5 Å². The van der Waals surface area contributed by atoms with Gasteiger partial charge in [0.05, 0.1) is 12.5 Å². The van der Waals surface area contributed by atoms with Crippen LogP contribution in [0.1, 0.15) is 19.4 Å². The molecule has 3 nitrogen and oxygen atoms in total. The van der Waals surface area contributed by atoms with E-state index in [4.69, 9.17) is 4.74 Å². The first-order valence-corrected chi connectivity index (χ1v) is 6.11. The van der Waals surface area contributed by atoms with Crippen molar-refractivity contribution < 1.29 is 9.53 Å². The summed E-state index contributed by atoms with van der Waals surface area (Å²) >= 11 is 0. The van der Waals surface area contributed by atoms with Crippen molar-refractivity contribution in [3.8, 4) is 0 Å². The Labute approximate surface area is 102 Å². The van der Waals surface area contributed by atoms with Crippen molar-refractivity contribution in [3.63, 3.8) is 0 Å². The summed E-state index contributed by atoms with van der Waals surface area (Å²) in [6, 6.07) is 10.2. The standard InChI is InChI=1S/C14H19NO2/c1-3-17-13(16)12-9-15-10-14(12,2)11-7-5-4-6-8-11/h4-8,12,15H,3,9-10H2,1-2H3/t12-,14-/m0/s1. The average Bonchev–Trinajstić information content (AvgIpc) is 2.74. The molecule has 0 unspecified atom stereocenters. The van der Waals surface area contributed by atoms with Crippen LogP contribution in [0.3, 0.4) is 0 Å². The summed E-state index contributed by atoms with van der Waals surface area (Å²) in [5.74, 6) is -0.186. The number of nitrogens with one attached hydrogen (secondary N) is 1. The van der Waals surface area contributed by atoms with E-state index in [1.807, 2.05) is 25.1 Å². The summed E-state index contributed by atoms with van der Waals surface area (Å²) < 4.78 is 5.16. The third-order valence-corrected chi connectivity index (χ3v) is 3.61. The highest BCUT2D eigenvalue weighted by atomic mass is 16.5. The first-order chi connectivity index (χ1) is 8.18. The highest BCUT2D eigenvalue weighted by Crippen LogP contribution is 2.35. The lowest BCUT2D eigenvalue weighted by molar-refractivity contribution is -0.149. The van der Waals surface area contributed by atoms with E-state index in [-0.39, 0.29) is 17.3 Å². The molecular weight excluding hydrogens is 214 g/mol. The van der Waals surface area contributed by atoms with Crippen LogP contribution >= 0.6 is 0 Å². The molecule has 1 aliphatic heterocycles. The van der Waals surface area contributed by atoms with Gasteiger partial charge in [0.25, 0.3) is 0 Å². The predicted octanol–water partition coefficient (Wildman–Crippen LogP) is 1.73. The van der Waals surface area contributed by atoms with Crippen LogP contribution in [0.2, 0.25) is 0 Å². The van der Waals surface area contributed by atoms with Gasteiger partial charge >= 0.3 is 5.97 Å². The van der Waals surface area contributed by atoms with Crippen molar-refractivity contribution in [2.75, 3.05) is 19.7 Å². The molecule has 0 radical (unpaired) electrons. The Morgan fingerprint density at radius 2 is 2.18 bits per heavy atom. The zero-order chi connectivity index (χ0) is 12.3. The van der Waals surface area contributed by atoms with Crippen LogP contribution in [0, 0.1) is 5.92 Å². The topological polar surface area (TPSA) is 38.3 Å². The number of rotatable bonds is 3. The molecule has 1 saturated heterocycles. The molecular formula is C14H19NO2. The highest BCUT2D eigenvalue weighted by Gasteiger charge is 2.45. The minimum absolute atomic E-state index is 0.0927. The van der Waals surface area contributed by atoms with E-state index >= 15 is 0 Å². The Balaban J connectivity index is 2.26. The molecule has 2 atom stereocenters. The minimum Gasteiger partial charge on any atom is -0.466 e. The molecule has 17 heavy (non-hydrogen) atoms. The number of carbonyl (C=O) groups is 1. The Morgan fingerprint density at radius 1 is 1.47 bits per heavy atom. The van der Waals surface area contributed by atoms with Gasteiger partial charge in [-0.1, -0.05) is 37.3 Å². The Hall–Kier alpha value is -1.35.